The Morgan fingerprint density at radius 2 is 1.74 bits per heavy atom. The van der Waals surface area contributed by atoms with E-state index in [1.54, 1.807) is 0 Å². The Morgan fingerprint density at radius 1 is 1.06 bits per heavy atom. The van der Waals surface area contributed by atoms with Crippen molar-refractivity contribution < 1.29 is 23.0 Å². The molecule has 1 saturated carbocycles. The monoisotopic (exact) mass is 453 g/mol. The first kappa shape index (κ1) is 22.4. The van der Waals surface area contributed by atoms with Gasteiger partial charge in [0.2, 0.25) is 0 Å². The van der Waals surface area contributed by atoms with Crippen LogP contribution in [0.5, 0.6) is 5.75 Å². The Bertz CT molecular complexity index is 868. The lowest BCUT2D eigenvalue weighted by atomic mass is 9.75. The molecule has 2 unspecified atom stereocenters. The molecule has 1 saturated heterocycles. The number of hydrogen-bond acceptors (Lipinski definition) is 3. The minimum absolute atomic E-state index is 0.0485. The van der Waals surface area contributed by atoms with Crippen molar-refractivity contribution in [1.82, 2.24) is 4.90 Å². The summed E-state index contributed by atoms with van der Waals surface area (Å²) in [6, 6.07) is 12.8. The molecule has 0 radical (unpaired) electrons. The van der Waals surface area contributed by atoms with Crippen molar-refractivity contribution in [1.29, 1.82) is 0 Å². The van der Waals surface area contributed by atoms with E-state index in [2.05, 4.69) is 17.0 Å². The number of rotatable bonds is 6. The normalized spacial score (nSPS) is 23.9. The van der Waals surface area contributed by atoms with E-state index >= 15 is 0 Å². The van der Waals surface area contributed by atoms with Gasteiger partial charge in [0.1, 0.15) is 18.0 Å². The fourth-order valence-electron chi connectivity index (χ4n) is 4.66. The van der Waals surface area contributed by atoms with Crippen molar-refractivity contribution in [3.05, 3.63) is 64.7 Å². The second-order valence-corrected chi connectivity index (χ2v) is 9.23. The number of nitrogens with zero attached hydrogens (tertiary/aromatic N) is 1. The Balaban J connectivity index is 1.44. The van der Waals surface area contributed by atoms with Crippen LogP contribution >= 0.6 is 11.6 Å². The molecule has 168 valence electrons. The summed E-state index contributed by atoms with van der Waals surface area (Å²) in [6.07, 6.45) is 0.628. The molecule has 1 N–H and O–H groups in total. The summed E-state index contributed by atoms with van der Waals surface area (Å²) in [6.45, 7) is 1.41. The molecule has 31 heavy (non-hydrogen) atoms. The van der Waals surface area contributed by atoms with E-state index in [9.17, 15) is 18.3 Å². The van der Waals surface area contributed by atoms with Crippen LogP contribution in [0.2, 0.25) is 5.02 Å². The molecule has 0 spiro atoms. The van der Waals surface area contributed by atoms with Gasteiger partial charge in [0.25, 0.3) is 0 Å². The standard InChI is InChI=1S/C24H27ClF3NO2/c25-20-9-5-18(6-10-20)22(17-3-1-4-17)29-14-2-13-23(30,15-29)16-31-21-11-7-19(8-12-21)24(26,27)28/h5-12,17,22,30H,1-4,13-16H2. The van der Waals surface area contributed by atoms with Crippen LogP contribution in [-0.4, -0.2) is 35.3 Å². The third-order valence-corrected chi connectivity index (χ3v) is 6.73. The molecule has 2 fully saturated rings. The highest BCUT2D eigenvalue weighted by Gasteiger charge is 2.41. The smallest absolute Gasteiger partial charge is 0.416 e. The van der Waals surface area contributed by atoms with Crippen LogP contribution in [0.3, 0.4) is 0 Å². The van der Waals surface area contributed by atoms with Gasteiger partial charge in [-0.1, -0.05) is 30.2 Å². The number of hydrogen-bond donors (Lipinski definition) is 1. The number of β-amino-alcohol motifs (C(OH)–C–C–N with tert-alkyl or cyclic N) is 1. The zero-order valence-corrected chi connectivity index (χ0v) is 18.0. The highest BCUT2D eigenvalue weighted by molar-refractivity contribution is 6.30. The zero-order valence-electron chi connectivity index (χ0n) is 17.2. The van der Waals surface area contributed by atoms with Crippen molar-refractivity contribution in [3.63, 3.8) is 0 Å². The first-order valence-electron chi connectivity index (χ1n) is 10.8. The minimum Gasteiger partial charge on any atom is -0.491 e. The predicted molar refractivity (Wildman–Crippen MR) is 114 cm³/mol. The van der Waals surface area contributed by atoms with Crippen molar-refractivity contribution in [3.8, 4) is 5.75 Å². The molecule has 1 aliphatic carbocycles. The van der Waals surface area contributed by atoms with Gasteiger partial charge in [0.15, 0.2) is 0 Å². The fourth-order valence-corrected chi connectivity index (χ4v) is 4.78. The van der Waals surface area contributed by atoms with E-state index in [1.807, 2.05) is 12.1 Å². The Labute approximate surface area is 185 Å². The van der Waals surface area contributed by atoms with Gasteiger partial charge in [-0.25, -0.2) is 0 Å². The van der Waals surface area contributed by atoms with Crippen molar-refractivity contribution >= 4 is 11.6 Å². The van der Waals surface area contributed by atoms with E-state index in [1.165, 1.54) is 37.0 Å². The molecule has 2 aromatic rings. The summed E-state index contributed by atoms with van der Waals surface area (Å²) in [5.74, 6) is 0.881. The number of likely N-dealkylation sites (tertiary alicyclic amines) is 1. The summed E-state index contributed by atoms with van der Waals surface area (Å²) < 4.78 is 43.9. The van der Waals surface area contributed by atoms with Gasteiger partial charge in [-0.05, 0) is 80.1 Å². The molecule has 3 nitrogen and oxygen atoms in total. The van der Waals surface area contributed by atoms with Crippen LogP contribution < -0.4 is 4.74 Å². The van der Waals surface area contributed by atoms with Crippen LogP contribution in [0.15, 0.2) is 48.5 Å². The zero-order chi connectivity index (χ0) is 22.1. The van der Waals surface area contributed by atoms with Crippen LogP contribution in [0.1, 0.15) is 49.3 Å². The number of piperidine rings is 1. The van der Waals surface area contributed by atoms with Crippen LogP contribution in [0.25, 0.3) is 0 Å². The third kappa shape index (κ3) is 5.36. The predicted octanol–water partition coefficient (Wildman–Crippen LogP) is 6.11. The summed E-state index contributed by atoms with van der Waals surface area (Å²) in [5.41, 5.74) is -0.550. The molecule has 2 atom stereocenters. The molecular weight excluding hydrogens is 427 g/mol. The number of benzene rings is 2. The first-order chi connectivity index (χ1) is 14.7. The molecule has 7 heteroatoms. The molecule has 2 aromatic carbocycles. The summed E-state index contributed by atoms with van der Waals surface area (Å²) >= 11 is 6.08. The number of ether oxygens (including phenoxy) is 1. The summed E-state index contributed by atoms with van der Waals surface area (Å²) in [5, 5.41) is 11.9. The minimum atomic E-state index is -4.38. The van der Waals surface area contributed by atoms with Gasteiger partial charge in [0, 0.05) is 17.6 Å². The highest BCUT2D eigenvalue weighted by atomic mass is 35.5. The van der Waals surface area contributed by atoms with Crippen LogP contribution in [0, 0.1) is 5.92 Å². The van der Waals surface area contributed by atoms with E-state index in [4.69, 9.17) is 16.3 Å². The van der Waals surface area contributed by atoms with Crippen molar-refractivity contribution in [2.75, 3.05) is 19.7 Å². The van der Waals surface area contributed by atoms with Gasteiger partial charge < -0.3 is 9.84 Å². The van der Waals surface area contributed by atoms with E-state index in [0.29, 0.717) is 29.7 Å². The van der Waals surface area contributed by atoms with Gasteiger partial charge in [-0.15, -0.1) is 0 Å². The summed E-state index contributed by atoms with van der Waals surface area (Å²) in [7, 11) is 0. The largest absolute Gasteiger partial charge is 0.491 e. The van der Waals surface area contributed by atoms with Gasteiger partial charge in [-0.2, -0.15) is 13.2 Å². The Kier molecular flexibility index (Phi) is 6.52. The lowest BCUT2D eigenvalue weighted by Crippen LogP contribution is -2.53. The maximum Gasteiger partial charge on any atom is 0.416 e. The third-order valence-electron chi connectivity index (χ3n) is 6.48. The van der Waals surface area contributed by atoms with Crippen molar-refractivity contribution in [2.24, 2.45) is 5.92 Å². The Morgan fingerprint density at radius 3 is 2.32 bits per heavy atom. The van der Waals surface area contributed by atoms with E-state index < -0.39 is 17.3 Å². The maximum absolute atomic E-state index is 12.7. The van der Waals surface area contributed by atoms with Gasteiger partial charge in [-0.3, -0.25) is 4.90 Å². The summed E-state index contributed by atoms with van der Waals surface area (Å²) in [4.78, 5) is 2.34. The molecular formula is C24H27ClF3NO2. The molecule has 0 aromatic heterocycles. The van der Waals surface area contributed by atoms with Gasteiger partial charge >= 0.3 is 6.18 Å². The van der Waals surface area contributed by atoms with E-state index in [-0.39, 0.29) is 12.6 Å². The quantitative estimate of drug-likeness (QED) is 0.573. The lowest BCUT2D eigenvalue weighted by Gasteiger charge is -2.47. The Hall–Kier alpha value is -1.76. The van der Waals surface area contributed by atoms with Crippen molar-refractivity contribution in [2.45, 2.75) is 49.9 Å². The highest BCUT2D eigenvalue weighted by Crippen LogP contribution is 2.43. The number of alkyl halides is 3. The maximum atomic E-state index is 12.7. The average molecular weight is 454 g/mol. The number of aliphatic hydroxyl groups is 1. The molecule has 4 rings (SSSR count). The topological polar surface area (TPSA) is 32.7 Å². The molecule has 1 aliphatic heterocycles. The SMILES string of the molecule is OC1(COc2ccc(C(F)(F)F)cc2)CCCN(C(c2ccc(Cl)cc2)C2CCC2)C1. The first-order valence-corrected chi connectivity index (χ1v) is 11.1. The number of halogens is 4. The van der Waals surface area contributed by atoms with Crippen LogP contribution in [0.4, 0.5) is 13.2 Å². The fraction of sp³-hybridized carbons (Fsp3) is 0.500. The van der Waals surface area contributed by atoms with Gasteiger partial charge in [0.05, 0.1) is 5.56 Å². The van der Waals surface area contributed by atoms with E-state index in [0.717, 1.165) is 25.1 Å². The second-order valence-electron chi connectivity index (χ2n) is 8.80. The average Bonchev–Trinajstić information content (AvgIpc) is 2.70. The second kappa shape index (κ2) is 9.00. The molecule has 0 bridgehead atoms. The lowest BCUT2D eigenvalue weighted by molar-refractivity contribution is -0.137. The molecule has 2 aliphatic rings. The molecule has 1 heterocycles. The molecule has 0 amide bonds. The van der Waals surface area contributed by atoms with Crippen LogP contribution in [-0.2, 0) is 6.18 Å².